The van der Waals surface area contributed by atoms with Gasteiger partial charge in [-0.05, 0) is 67.6 Å². The van der Waals surface area contributed by atoms with Crippen molar-refractivity contribution in [2.45, 2.75) is 56.5 Å². The fourth-order valence-electron chi connectivity index (χ4n) is 5.36. The largest absolute Gasteiger partial charge is 0.434 e. The van der Waals surface area contributed by atoms with E-state index in [1.54, 1.807) is 26.0 Å². The smallest absolute Gasteiger partial charge is 0.391 e. The third-order valence-electron chi connectivity index (χ3n) is 7.37. The first-order chi connectivity index (χ1) is 17.6. The number of halogens is 2. The van der Waals surface area contributed by atoms with E-state index in [4.69, 9.17) is 20.8 Å². The van der Waals surface area contributed by atoms with E-state index in [1.165, 1.54) is 22.5 Å². The summed E-state index contributed by atoms with van der Waals surface area (Å²) in [6, 6.07) is 6.44. The van der Waals surface area contributed by atoms with Crippen molar-refractivity contribution < 1.29 is 22.0 Å². The van der Waals surface area contributed by atoms with E-state index in [-0.39, 0.29) is 23.5 Å². The summed E-state index contributed by atoms with van der Waals surface area (Å²) in [6.45, 7) is 6.33. The number of fused-ring (bicyclic) bond motifs is 1. The summed E-state index contributed by atoms with van der Waals surface area (Å²) in [5.74, 6) is -2.19. The van der Waals surface area contributed by atoms with E-state index in [2.05, 4.69) is 10.2 Å². The maximum atomic E-state index is 15.2. The highest BCUT2D eigenvalue weighted by atomic mass is 35.5. The summed E-state index contributed by atoms with van der Waals surface area (Å²) in [5.41, 5.74) is 2.36. The number of anilines is 1. The van der Waals surface area contributed by atoms with Gasteiger partial charge in [0.2, 0.25) is 15.9 Å². The molecule has 3 heterocycles. The molecule has 0 bridgehead atoms. The van der Waals surface area contributed by atoms with Crippen LogP contribution in [0.5, 0.6) is 0 Å². The molecule has 0 amide bonds. The Labute approximate surface area is 219 Å². The number of ether oxygens (including phenoxy) is 1. The summed E-state index contributed by atoms with van der Waals surface area (Å²) in [4.78, 5) is 14.0. The Balaban J connectivity index is 1.70. The van der Waals surface area contributed by atoms with Crippen LogP contribution in [0.2, 0.25) is 5.02 Å². The third kappa shape index (κ3) is 4.58. The molecule has 0 aliphatic carbocycles. The number of aryl methyl sites for hydroxylation is 1. The van der Waals surface area contributed by atoms with Crippen molar-refractivity contribution in [3.8, 4) is 0 Å². The number of nitrogens with one attached hydrogen (secondary N) is 1. The summed E-state index contributed by atoms with van der Waals surface area (Å²) in [6.07, 6.45) is 1.62. The molecule has 12 heteroatoms. The van der Waals surface area contributed by atoms with E-state index in [1.807, 2.05) is 11.8 Å². The van der Waals surface area contributed by atoms with Gasteiger partial charge < -0.3 is 14.1 Å². The molecule has 1 aromatic heterocycles. The molecule has 3 unspecified atom stereocenters. The van der Waals surface area contributed by atoms with Gasteiger partial charge in [0.25, 0.3) is 0 Å². The highest BCUT2D eigenvalue weighted by Gasteiger charge is 2.46. The van der Waals surface area contributed by atoms with Crippen molar-refractivity contribution in [1.29, 1.82) is 0 Å². The van der Waals surface area contributed by atoms with Crippen molar-refractivity contribution in [2.75, 3.05) is 24.8 Å². The molecule has 0 saturated carbocycles. The Morgan fingerprint density at radius 1 is 1.24 bits per heavy atom. The second kappa shape index (κ2) is 9.86. The average molecular weight is 551 g/mol. The lowest BCUT2D eigenvalue weighted by molar-refractivity contribution is 0.0749. The molecule has 5 rings (SSSR count). The van der Waals surface area contributed by atoms with E-state index < -0.39 is 33.6 Å². The predicted molar refractivity (Wildman–Crippen MR) is 136 cm³/mol. The fraction of sp³-hybridized carbons (Fsp3) is 0.440. The van der Waals surface area contributed by atoms with Crippen LogP contribution in [-0.2, 0) is 14.8 Å². The van der Waals surface area contributed by atoms with Gasteiger partial charge in [0.05, 0.1) is 25.0 Å². The van der Waals surface area contributed by atoms with Gasteiger partial charge in [-0.15, -0.1) is 5.10 Å². The van der Waals surface area contributed by atoms with Crippen LogP contribution in [0.3, 0.4) is 0 Å². The zero-order chi connectivity index (χ0) is 26.5. The van der Waals surface area contributed by atoms with Crippen LogP contribution < -0.4 is 10.7 Å². The predicted octanol–water partition coefficient (Wildman–Crippen LogP) is 4.26. The first-order valence-electron chi connectivity index (χ1n) is 12.1. The SMILES string of the molecule is Cc1ccc(F)c(C(C)C(c2n[nH]c(=O)o2)N2CN(C3CCCOC3)c3cc(Cl)ccc3S2(=O)=O)c1C. The zero-order valence-corrected chi connectivity index (χ0v) is 22.3. The van der Waals surface area contributed by atoms with E-state index in [0.717, 1.165) is 18.4 Å². The minimum absolute atomic E-state index is 0.0604. The zero-order valence-electron chi connectivity index (χ0n) is 20.7. The lowest BCUT2D eigenvalue weighted by Gasteiger charge is -2.45. The van der Waals surface area contributed by atoms with Gasteiger partial charge in [0.15, 0.2) is 0 Å². The number of rotatable bonds is 5. The topological polar surface area (TPSA) is 109 Å². The molecule has 2 aliphatic rings. The molecule has 1 fully saturated rings. The first kappa shape index (κ1) is 25.9. The van der Waals surface area contributed by atoms with Crippen molar-refractivity contribution >= 4 is 27.3 Å². The molecular weight excluding hydrogens is 523 g/mol. The molecule has 198 valence electrons. The third-order valence-corrected chi connectivity index (χ3v) is 9.46. The number of aromatic amines is 1. The average Bonchev–Trinajstić information content (AvgIpc) is 3.29. The first-order valence-corrected chi connectivity index (χ1v) is 13.9. The summed E-state index contributed by atoms with van der Waals surface area (Å²) in [7, 11) is -4.14. The Bertz CT molecular complexity index is 1480. The van der Waals surface area contributed by atoms with Crippen molar-refractivity contribution in [3.63, 3.8) is 0 Å². The van der Waals surface area contributed by atoms with Crippen molar-refractivity contribution in [3.05, 3.63) is 74.3 Å². The summed E-state index contributed by atoms with van der Waals surface area (Å²) < 4.78 is 55.7. The maximum Gasteiger partial charge on any atom is 0.434 e. The number of nitrogens with zero attached hydrogens (tertiary/aromatic N) is 3. The minimum Gasteiger partial charge on any atom is -0.391 e. The standard InChI is InChI=1S/C25H28ClFN4O5S/c1-14-6-8-19(27)22(15(14)2)16(3)23(24-28-29-25(32)36-24)31-13-30(18-5-4-10-35-12-18)20-11-17(26)7-9-21(20)37(31,33)34/h6-9,11,16,18,23H,4-5,10,12-13H2,1-3H3,(H,29,32). The number of sulfonamides is 1. The number of hydrogen-bond acceptors (Lipinski definition) is 7. The van der Waals surface area contributed by atoms with Crippen LogP contribution >= 0.6 is 11.6 Å². The fourth-order valence-corrected chi connectivity index (χ4v) is 7.30. The van der Waals surface area contributed by atoms with E-state index >= 15 is 4.39 Å². The number of H-pyrrole nitrogens is 1. The number of hydrogen-bond donors (Lipinski definition) is 1. The Morgan fingerprint density at radius 3 is 2.70 bits per heavy atom. The highest BCUT2D eigenvalue weighted by Crippen LogP contribution is 2.45. The van der Waals surface area contributed by atoms with E-state index in [0.29, 0.717) is 35.1 Å². The number of aromatic nitrogens is 2. The van der Waals surface area contributed by atoms with Gasteiger partial charge in [-0.2, -0.15) is 4.31 Å². The minimum atomic E-state index is -4.14. The van der Waals surface area contributed by atoms with Gasteiger partial charge in [-0.3, -0.25) is 0 Å². The van der Waals surface area contributed by atoms with Crippen LogP contribution in [-0.4, -0.2) is 48.8 Å². The normalized spacial score (nSPS) is 21.4. The molecule has 3 aromatic rings. The van der Waals surface area contributed by atoms with Crippen molar-refractivity contribution in [1.82, 2.24) is 14.5 Å². The van der Waals surface area contributed by atoms with Gasteiger partial charge in [-0.25, -0.2) is 22.7 Å². The van der Waals surface area contributed by atoms with Gasteiger partial charge in [0.1, 0.15) is 16.8 Å². The Morgan fingerprint density at radius 2 is 2.03 bits per heavy atom. The molecule has 1 N–H and O–H groups in total. The second-order valence-electron chi connectivity index (χ2n) is 9.57. The van der Waals surface area contributed by atoms with Gasteiger partial charge in [0, 0.05) is 17.5 Å². The molecule has 3 atom stereocenters. The molecule has 37 heavy (non-hydrogen) atoms. The molecule has 0 spiro atoms. The van der Waals surface area contributed by atoms with Crippen LogP contribution in [0.1, 0.15) is 54.3 Å². The lowest BCUT2D eigenvalue weighted by atomic mass is 9.87. The molecule has 2 aliphatic heterocycles. The highest BCUT2D eigenvalue weighted by molar-refractivity contribution is 7.89. The van der Waals surface area contributed by atoms with Crippen LogP contribution in [0.4, 0.5) is 10.1 Å². The van der Waals surface area contributed by atoms with Crippen LogP contribution in [0.25, 0.3) is 0 Å². The molecule has 9 nitrogen and oxygen atoms in total. The van der Waals surface area contributed by atoms with Crippen LogP contribution in [0, 0.1) is 19.7 Å². The second-order valence-corrected chi connectivity index (χ2v) is 11.9. The van der Waals surface area contributed by atoms with Crippen molar-refractivity contribution in [2.24, 2.45) is 0 Å². The lowest BCUT2D eigenvalue weighted by Crippen LogP contribution is -2.54. The van der Waals surface area contributed by atoms with Crippen LogP contribution in [0.15, 0.2) is 44.4 Å². The Hall–Kier alpha value is -2.73. The monoisotopic (exact) mass is 550 g/mol. The molecule has 2 aromatic carbocycles. The van der Waals surface area contributed by atoms with Gasteiger partial charge >= 0.3 is 5.76 Å². The summed E-state index contributed by atoms with van der Waals surface area (Å²) >= 11 is 6.28. The van der Waals surface area contributed by atoms with Gasteiger partial charge in [-0.1, -0.05) is 24.6 Å². The quantitative estimate of drug-likeness (QED) is 0.505. The maximum absolute atomic E-state index is 15.2. The number of benzene rings is 2. The molecular formula is C25H28ClFN4O5S. The molecule has 1 saturated heterocycles. The van der Waals surface area contributed by atoms with E-state index in [9.17, 15) is 13.2 Å². The summed E-state index contributed by atoms with van der Waals surface area (Å²) in [5, 5.41) is 6.63. The molecule has 0 radical (unpaired) electrons. The Kier molecular flexibility index (Phi) is 6.90.